The van der Waals surface area contributed by atoms with E-state index in [0.29, 0.717) is 0 Å². The predicted molar refractivity (Wildman–Crippen MR) is 71.0 cm³/mol. The van der Waals surface area contributed by atoms with E-state index in [1.165, 1.54) is 0 Å². The lowest BCUT2D eigenvalue weighted by Crippen LogP contribution is -2.39. The van der Waals surface area contributed by atoms with Crippen LogP contribution in [0.4, 0.5) is 0 Å². The van der Waals surface area contributed by atoms with E-state index in [2.05, 4.69) is 10.3 Å². The number of nitrogens with zero attached hydrogens (tertiary/aromatic N) is 1. The van der Waals surface area contributed by atoms with Gasteiger partial charge in [-0.25, -0.2) is 4.98 Å². The molecule has 4 nitrogen and oxygen atoms in total. The molecule has 96 valence electrons. The summed E-state index contributed by atoms with van der Waals surface area (Å²) in [5, 5.41) is 4.01. The molecule has 3 N–H and O–H groups in total. The van der Waals surface area contributed by atoms with Gasteiger partial charge in [-0.1, -0.05) is 6.92 Å². The summed E-state index contributed by atoms with van der Waals surface area (Å²) < 4.78 is 0. The van der Waals surface area contributed by atoms with Crippen LogP contribution in [0.15, 0.2) is 0 Å². The number of aromatic nitrogens is 1. The van der Waals surface area contributed by atoms with Gasteiger partial charge in [0, 0.05) is 16.8 Å². The molecule has 0 bridgehead atoms. The van der Waals surface area contributed by atoms with Crippen LogP contribution in [0.3, 0.4) is 0 Å². The van der Waals surface area contributed by atoms with Gasteiger partial charge >= 0.3 is 0 Å². The van der Waals surface area contributed by atoms with E-state index in [-0.39, 0.29) is 23.9 Å². The summed E-state index contributed by atoms with van der Waals surface area (Å²) >= 11 is 1.63. The highest BCUT2D eigenvalue weighted by atomic mass is 32.1. The second kappa shape index (κ2) is 5.60. The lowest BCUT2D eigenvalue weighted by Gasteiger charge is -2.19. The summed E-state index contributed by atoms with van der Waals surface area (Å²) in [6.07, 6.45) is 0. The zero-order valence-corrected chi connectivity index (χ0v) is 11.9. The Kier molecular flexibility index (Phi) is 4.65. The first-order valence-corrected chi connectivity index (χ1v) is 6.64. The van der Waals surface area contributed by atoms with Gasteiger partial charge in [0.25, 0.3) is 0 Å². The molecule has 17 heavy (non-hydrogen) atoms. The van der Waals surface area contributed by atoms with Crippen molar-refractivity contribution in [2.45, 2.75) is 46.7 Å². The molecule has 0 fully saturated rings. The van der Waals surface area contributed by atoms with Gasteiger partial charge in [0.2, 0.25) is 5.91 Å². The highest BCUT2D eigenvalue weighted by Gasteiger charge is 2.21. The number of rotatable bonds is 4. The normalized spacial score (nSPS) is 16.4. The van der Waals surface area contributed by atoms with Crippen LogP contribution in [0.25, 0.3) is 0 Å². The zero-order valence-electron chi connectivity index (χ0n) is 11.1. The third-order valence-corrected chi connectivity index (χ3v) is 4.15. The molecule has 0 radical (unpaired) electrons. The van der Waals surface area contributed by atoms with Crippen LogP contribution in [0.5, 0.6) is 0 Å². The topological polar surface area (TPSA) is 68.0 Å². The molecule has 0 aliphatic heterocycles. The van der Waals surface area contributed by atoms with E-state index < -0.39 is 0 Å². The molecule has 1 aromatic rings. The molecule has 0 aromatic carbocycles. The molecule has 0 aliphatic carbocycles. The van der Waals surface area contributed by atoms with Crippen LogP contribution in [0.2, 0.25) is 0 Å². The second-order valence-corrected chi connectivity index (χ2v) is 5.80. The molecule has 5 heteroatoms. The molecule has 1 rings (SSSR count). The minimum absolute atomic E-state index is 0.00190. The van der Waals surface area contributed by atoms with Crippen molar-refractivity contribution in [3.63, 3.8) is 0 Å². The van der Waals surface area contributed by atoms with E-state index in [0.717, 1.165) is 15.6 Å². The van der Waals surface area contributed by atoms with Crippen molar-refractivity contribution in [2.75, 3.05) is 0 Å². The number of thiazole rings is 1. The number of hydrogen-bond acceptors (Lipinski definition) is 4. The van der Waals surface area contributed by atoms with Crippen LogP contribution in [-0.4, -0.2) is 16.9 Å². The maximum Gasteiger partial charge on any atom is 0.224 e. The molecular formula is C12H21N3OS. The van der Waals surface area contributed by atoms with E-state index in [9.17, 15) is 4.79 Å². The largest absolute Gasteiger partial charge is 0.348 e. The maximum absolute atomic E-state index is 11.9. The summed E-state index contributed by atoms with van der Waals surface area (Å²) in [5.74, 6) is -0.176. The van der Waals surface area contributed by atoms with Crippen molar-refractivity contribution in [1.82, 2.24) is 10.3 Å². The Balaban J connectivity index is 2.70. The number of amides is 1. The Hall–Kier alpha value is -0.940. The monoisotopic (exact) mass is 255 g/mol. The highest BCUT2D eigenvalue weighted by Crippen LogP contribution is 2.24. The van der Waals surface area contributed by atoms with Crippen molar-refractivity contribution in [3.8, 4) is 0 Å². The third kappa shape index (κ3) is 3.51. The minimum Gasteiger partial charge on any atom is -0.348 e. The summed E-state index contributed by atoms with van der Waals surface area (Å²) in [6.45, 7) is 9.61. The fourth-order valence-corrected chi connectivity index (χ4v) is 2.53. The molecule has 1 aromatic heterocycles. The van der Waals surface area contributed by atoms with E-state index in [1.807, 2.05) is 34.6 Å². The zero-order chi connectivity index (χ0) is 13.2. The summed E-state index contributed by atoms with van der Waals surface area (Å²) in [7, 11) is 0. The van der Waals surface area contributed by atoms with Crippen LogP contribution in [0.1, 0.15) is 42.4 Å². The Morgan fingerprint density at radius 1 is 1.35 bits per heavy atom. The van der Waals surface area contributed by atoms with Crippen molar-refractivity contribution in [2.24, 2.45) is 11.7 Å². The maximum atomic E-state index is 11.9. The molecule has 0 spiro atoms. The number of carbonyl (C=O) groups is 1. The van der Waals surface area contributed by atoms with E-state index in [4.69, 9.17) is 5.73 Å². The van der Waals surface area contributed by atoms with Gasteiger partial charge in [-0.3, -0.25) is 4.79 Å². The number of hydrogen-bond donors (Lipinski definition) is 2. The average Bonchev–Trinajstić information content (AvgIpc) is 2.56. The second-order valence-electron chi connectivity index (χ2n) is 4.56. The molecule has 1 heterocycles. The smallest absolute Gasteiger partial charge is 0.224 e. The van der Waals surface area contributed by atoms with Gasteiger partial charge in [-0.15, -0.1) is 11.3 Å². The number of nitrogens with two attached hydrogens (primary N) is 1. The lowest BCUT2D eigenvalue weighted by atomic mass is 10.0. The Labute approximate surface area is 107 Å². The van der Waals surface area contributed by atoms with Crippen LogP contribution in [0, 0.1) is 19.8 Å². The van der Waals surface area contributed by atoms with Gasteiger partial charge in [-0.05, 0) is 27.7 Å². The number of carbonyl (C=O) groups excluding carboxylic acids is 1. The van der Waals surface area contributed by atoms with Gasteiger partial charge in [0.05, 0.1) is 16.7 Å². The minimum atomic E-state index is -0.174. The molecule has 1 amide bonds. The van der Waals surface area contributed by atoms with Crippen molar-refractivity contribution in [3.05, 3.63) is 15.6 Å². The van der Waals surface area contributed by atoms with Crippen molar-refractivity contribution < 1.29 is 4.79 Å². The summed E-state index contributed by atoms with van der Waals surface area (Å²) in [5.41, 5.74) is 6.71. The van der Waals surface area contributed by atoms with Gasteiger partial charge in [-0.2, -0.15) is 0 Å². The van der Waals surface area contributed by atoms with Crippen LogP contribution >= 0.6 is 11.3 Å². The number of aryl methyl sites for hydroxylation is 2. The van der Waals surface area contributed by atoms with E-state index >= 15 is 0 Å². The fourth-order valence-electron chi connectivity index (χ4n) is 1.60. The Morgan fingerprint density at radius 3 is 2.35 bits per heavy atom. The summed E-state index contributed by atoms with van der Waals surface area (Å²) in [6, 6.07) is -0.138. The molecular weight excluding hydrogens is 234 g/mol. The molecule has 0 saturated heterocycles. The van der Waals surface area contributed by atoms with Crippen molar-refractivity contribution in [1.29, 1.82) is 0 Å². The van der Waals surface area contributed by atoms with Gasteiger partial charge < -0.3 is 11.1 Å². The number of nitrogens with one attached hydrogen (secondary N) is 1. The SMILES string of the molecule is Cc1nc(C)c(C(C)NC(=O)C(C)C(C)N)s1. The lowest BCUT2D eigenvalue weighted by molar-refractivity contribution is -0.125. The van der Waals surface area contributed by atoms with Crippen LogP contribution < -0.4 is 11.1 Å². The predicted octanol–water partition coefficient (Wildman–Crippen LogP) is 1.92. The molecule has 0 saturated carbocycles. The quantitative estimate of drug-likeness (QED) is 0.863. The Morgan fingerprint density at radius 2 is 1.94 bits per heavy atom. The van der Waals surface area contributed by atoms with Gasteiger partial charge in [0.1, 0.15) is 0 Å². The Bertz CT molecular complexity index is 400. The molecule has 3 atom stereocenters. The first kappa shape index (κ1) is 14.1. The van der Waals surface area contributed by atoms with Gasteiger partial charge in [0.15, 0.2) is 0 Å². The standard InChI is InChI=1S/C12H21N3OS/c1-6(7(2)13)12(16)15-9(4)11-8(3)14-10(5)17-11/h6-7,9H,13H2,1-5H3,(H,15,16). The van der Waals surface area contributed by atoms with E-state index in [1.54, 1.807) is 11.3 Å². The van der Waals surface area contributed by atoms with Crippen LogP contribution in [-0.2, 0) is 4.79 Å². The molecule has 0 aliphatic rings. The van der Waals surface area contributed by atoms with Crippen molar-refractivity contribution >= 4 is 17.2 Å². The fraction of sp³-hybridized carbons (Fsp3) is 0.667. The first-order valence-electron chi connectivity index (χ1n) is 5.82. The highest BCUT2D eigenvalue weighted by molar-refractivity contribution is 7.11. The molecule has 3 unspecified atom stereocenters. The summed E-state index contributed by atoms with van der Waals surface area (Å²) in [4.78, 5) is 17.4. The first-order chi connectivity index (χ1) is 7.82. The average molecular weight is 255 g/mol. The third-order valence-electron chi connectivity index (χ3n) is 2.89.